The molecule has 1 N–H and O–H groups in total. The van der Waals surface area contributed by atoms with Gasteiger partial charge in [0.15, 0.2) is 11.4 Å². The van der Waals surface area contributed by atoms with Gasteiger partial charge in [-0.1, -0.05) is 31.6 Å². The zero-order valence-corrected chi connectivity index (χ0v) is 22.5. The van der Waals surface area contributed by atoms with Crippen molar-refractivity contribution in [2.75, 3.05) is 31.6 Å². The number of fused-ring (bicyclic) bond motifs is 1. The number of thiazole rings is 1. The lowest BCUT2D eigenvalue weighted by molar-refractivity contribution is 0.106. The minimum absolute atomic E-state index is 0.254. The summed E-state index contributed by atoms with van der Waals surface area (Å²) in [6.45, 7) is 12.2. The Hall–Kier alpha value is -2.98. The van der Waals surface area contributed by atoms with E-state index in [1.807, 2.05) is 12.3 Å². The molecule has 1 saturated carbocycles. The number of aromatic nitrogens is 6. The summed E-state index contributed by atoms with van der Waals surface area (Å²) < 4.78 is 7.33. The number of hydrogen-bond donors (Lipinski definition) is 1. The monoisotopic (exact) mass is 506 g/mol. The second-order valence-corrected chi connectivity index (χ2v) is 11.4. The van der Waals surface area contributed by atoms with Gasteiger partial charge in [-0.15, -0.1) is 0 Å². The maximum Gasteiger partial charge on any atom is 0.197 e. The molecular formula is C26H34N8OS. The van der Waals surface area contributed by atoms with E-state index in [4.69, 9.17) is 14.8 Å². The lowest BCUT2D eigenvalue weighted by Gasteiger charge is -2.46. The van der Waals surface area contributed by atoms with Crippen LogP contribution in [0.5, 0.6) is 5.75 Å². The van der Waals surface area contributed by atoms with Crippen LogP contribution in [0.2, 0.25) is 0 Å². The van der Waals surface area contributed by atoms with E-state index < -0.39 is 0 Å². The number of aryl methyl sites for hydroxylation is 1. The van der Waals surface area contributed by atoms with Crippen LogP contribution < -0.4 is 9.64 Å². The van der Waals surface area contributed by atoms with E-state index in [1.165, 1.54) is 30.6 Å². The quantitative estimate of drug-likeness (QED) is 0.404. The van der Waals surface area contributed by atoms with Crippen molar-refractivity contribution in [3.05, 3.63) is 29.8 Å². The van der Waals surface area contributed by atoms with E-state index in [1.54, 1.807) is 23.0 Å². The number of anilines is 1. The minimum atomic E-state index is 0.254. The fourth-order valence-electron chi connectivity index (χ4n) is 5.60. The Morgan fingerprint density at radius 1 is 1.22 bits per heavy atom. The van der Waals surface area contributed by atoms with Crippen molar-refractivity contribution in [1.29, 1.82) is 0 Å². The minimum Gasteiger partial charge on any atom is -0.493 e. The van der Waals surface area contributed by atoms with E-state index >= 15 is 0 Å². The SMILES string of the molecule is COc1cc(-c2n[nH]c(-c3nc(C)c(N4CCN(C5CCC5)C[C@H]4C)s3)c2C(C)C)cn2ncnc12. The average Bonchev–Trinajstić information content (AvgIpc) is 3.55. The largest absolute Gasteiger partial charge is 0.493 e. The standard InChI is InChI=1S/C26H34N8OS/c1-15(2)21-22(18-11-20(35-5)24-27-14-28-34(24)13-18)30-31-23(21)25-29-17(4)26(36-25)33-10-9-32(12-16(33)3)19-7-6-8-19/h11,13-16,19H,6-10,12H2,1-5H3,(H,30,31)/t16-/m1/s1. The van der Waals surface area contributed by atoms with Gasteiger partial charge in [0.2, 0.25) is 0 Å². The first-order valence-electron chi connectivity index (χ1n) is 12.9. The summed E-state index contributed by atoms with van der Waals surface area (Å²) in [5, 5.41) is 14.7. The number of piperazine rings is 1. The van der Waals surface area contributed by atoms with Gasteiger partial charge in [-0.3, -0.25) is 10.00 Å². The lowest BCUT2D eigenvalue weighted by atomic mass is 9.90. The van der Waals surface area contributed by atoms with E-state index in [9.17, 15) is 0 Å². The topological polar surface area (TPSA) is 87.5 Å². The molecule has 4 aromatic rings. The number of H-pyrrole nitrogens is 1. The molecule has 1 aliphatic carbocycles. The summed E-state index contributed by atoms with van der Waals surface area (Å²) in [5.41, 5.74) is 5.76. The summed E-state index contributed by atoms with van der Waals surface area (Å²) in [5.74, 6) is 0.926. The van der Waals surface area contributed by atoms with E-state index in [-0.39, 0.29) is 5.92 Å². The summed E-state index contributed by atoms with van der Waals surface area (Å²) >= 11 is 1.78. The van der Waals surface area contributed by atoms with Gasteiger partial charge in [0.1, 0.15) is 16.3 Å². The number of nitrogens with zero attached hydrogens (tertiary/aromatic N) is 7. The van der Waals surface area contributed by atoms with Gasteiger partial charge in [-0.25, -0.2) is 14.5 Å². The molecule has 1 saturated heterocycles. The van der Waals surface area contributed by atoms with Gasteiger partial charge in [-0.2, -0.15) is 10.2 Å². The highest BCUT2D eigenvalue weighted by molar-refractivity contribution is 7.19. The molecule has 0 bridgehead atoms. The number of ether oxygens (including phenoxy) is 1. The molecule has 2 fully saturated rings. The molecule has 0 unspecified atom stereocenters. The highest BCUT2D eigenvalue weighted by Gasteiger charge is 2.33. The highest BCUT2D eigenvalue weighted by Crippen LogP contribution is 2.42. The van der Waals surface area contributed by atoms with Crippen LogP contribution in [0.1, 0.15) is 57.2 Å². The second-order valence-electron chi connectivity index (χ2n) is 10.4. The molecule has 190 valence electrons. The Kier molecular flexibility index (Phi) is 5.95. The first-order valence-corrected chi connectivity index (χ1v) is 13.7. The van der Waals surface area contributed by atoms with Gasteiger partial charge in [0, 0.05) is 49.0 Å². The summed E-state index contributed by atoms with van der Waals surface area (Å²) in [6, 6.07) is 3.27. The van der Waals surface area contributed by atoms with Gasteiger partial charge in [0.25, 0.3) is 0 Å². The molecule has 1 atom stereocenters. The number of hydrogen-bond acceptors (Lipinski definition) is 8. The number of aromatic amines is 1. The Labute approximate surface area is 215 Å². The van der Waals surface area contributed by atoms with Crippen molar-refractivity contribution in [1.82, 2.24) is 34.7 Å². The maximum atomic E-state index is 5.59. The molecule has 2 aliphatic rings. The predicted octanol–water partition coefficient (Wildman–Crippen LogP) is 4.75. The number of nitrogens with one attached hydrogen (secondary N) is 1. The maximum absolute atomic E-state index is 5.59. The second kappa shape index (κ2) is 9.15. The molecule has 4 aromatic heterocycles. The predicted molar refractivity (Wildman–Crippen MR) is 143 cm³/mol. The fourth-order valence-corrected chi connectivity index (χ4v) is 6.81. The first kappa shape index (κ1) is 23.4. The lowest BCUT2D eigenvalue weighted by Crippen LogP contribution is -2.56. The summed E-state index contributed by atoms with van der Waals surface area (Å²) in [4.78, 5) is 14.6. The van der Waals surface area contributed by atoms with E-state index in [2.05, 4.69) is 52.7 Å². The number of pyridine rings is 1. The third-order valence-corrected chi connectivity index (χ3v) is 8.92. The van der Waals surface area contributed by atoms with E-state index in [0.717, 1.165) is 58.9 Å². The Bertz CT molecular complexity index is 1380. The van der Waals surface area contributed by atoms with Gasteiger partial charge in [0.05, 0.1) is 24.2 Å². The first-order chi connectivity index (χ1) is 17.4. The van der Waals surface area contributed by atoms with Crippen LogP contribution in [0, 0.1) is 6.92 Å². The van der Waals surface area contributed by atoms with Crippen LogP contribution in [-0.4, -0.2) is 73.5 Å². The Balaban J connectivity index is 1.34. The van der Waals surface area contributed by atoms with Crippen LogP contribution in [0.3, 0.4) is 0 Å². The molecule has 10 heteroatoms. The fraction of sp³-hybridized carbons (Fsp3) is 0.538. The normalized spacial score (nSPS) is 19.4. The molecule has 0 radical (unpaired) electrons. The third kappa shape index (κ3) is 3.87. The zero-order chi connectivity index (χ0) is 25.0. The molecule has 6 rings (SSSR count). The number of rotatable bonds is 6. The molecular weight excluding hydrogens is 472 g/mol. The molecule has 0 amide bonds. The van der Waals surface area contributed by atoms with Crippen molar-refractivity contribution in [2.24, 2.45) is 0 Å². The number of methoxy groups -OCH3 is 1. The van der Waals surface area contributed by atoms with Crippen molar-refractivity contribution in [2.45, 2.75) is 65.0 Å². The van der Waals surface area contributed by atoms with Crippen LogP contribution in [0.4, 0.5) is 5.00 Å². The van der Waals surface area contributed by atoms with Crippen LogP contribution in [0.15, 0.2) is 18.6 Å². The molecule has 9 nitrogen and oxygen atoms in total. The molecule has 0 spiro atoms. The van der Waals surface area contributed by atoms with Crippen LogP contribution in [0.25, 0.3) is 27.6 Å². The van der Waals surface area contributed by atoms with Gasteiger partial charge >= 0.3 is 0 Å². The zero-order valence-electron chi connectivity index (χ0n) is 21.7. The third-order valence-electron chi connectivity index (χ3n) is 7.71. The Morgan fingerprint density at radius 2 is 2.06 bits per heavy atom. The Morgan fingerprint density at radius 3 is 2.75 bits per heavy atom. The van der Waals surface area contributed by atoms with E-state index in [0.29, 0.717) is 17.4 Å². The van der Waals surface area contributed by atoms with Crippen molar-refractivity contribution >= 4 is 22.0 Å². The van der Waals surface area contributed by atoms with Crippen molar-refractivity contribution < 1.29 is 4.74 Å². The molecule has 0 aromatic carbocycles. The molecule has 36 heavy (non-hydrogen) atoms. The average molecular weight is 507 g/mol. The van der Waals surface area contributed by atoms with Crippen LogP contribution >= 0.6 is 11.3 Å². The summed E-state index contributed by atoms with van der Waals surface area (Å²) in [6.07, 6.45) is 7.62. The van der Waals surface area contributed by atoms with Gasteiger partial charge < -0.3 is 9.64 Å². The van der Waals surface area contributed by atoms with Gasteiger partial charge in [-0.05, 0) is 38.7 Å². The smallest absolute Gasteiger partial charge is 0.197 e. The van der Waals surface area contributed by atoms with Crippen LogP contribution in [-0.2, 0) is 0 Å². The summed E-state index contributed by atoms with van der Waals surface area (Å²) in [7, 11) is 1.65. The molecule has 1 aliphatic heterocycles. The molecule has 5 heterocycles. The van der Waals surface area contributed by atoms with Crippen molar-refractivity contribution in [3.8, 4) is 27.7 Å². The van der Waals surface area contributed by atoms with Crippen molar-refractivity contribution in [3.63, 3.8) is 0 Å². The highest BCUT2D eigenvalue weighted by atomic mass is 32.1.